The molecule has 15 heavy (non-hydrogen) atoms. The summed E-state index contributed by atoms with van der Waals surface area (Å²) in [5.41, 5.74) is 2.13. The van der Waals surface area contributed by atoms with E-state index in [1.54, 1.807) is 0 Å². The van der Waals surface area contributed by atoms with E-state index in [1.165, 1.54) is 0 Å². The molecule has 5 heteroatoms. The van der Waals surface area contributed by atoms with Crippen LogP contribution in [0.4, 0.5) is 0 Å². The van der Waals surface area contributed by atoms with Crippen LogP contribution in [0.25, 0.3) is 0 Å². The minimum atomic E-state index is 0.431. The van der Waals surface area contributed by atoms with Gasteiger partial charge < -0.3 is 0 Å². The summed E-state index contributed by atoms with van der Waals surface area (Å²) in [7, 11) is 1.93. The van der Waals surface area contributed by atoms with Crippen LogP contribution >= 0.6 is 15.9 Å². The molecule has 0 atom stereocenters. The van der Waals surface area contributed by atoms with Gasteiger partial charge in [-0.15, -0.1) is 0 Å². The summed E-state index contributed by atoms with van der Waals surface area (Å²) in [5.74, 6) is 0. The van der Waals surface area contributed by atoms with E-state index in [2.05, 4.69) is 34.0 Å². The van der Waals surface area contributed by atoms with Crippen molar-refractivity contribution >= 4 is 15.9 Å². The third kappa shape index (κ3) is 2.80. The Morgan fingerprint density at radius 1 is 1.60 bits per heavy atom. The van der Waals surface area contributed by atoms with Crippen molar-refractivity contribution in [2.24, 2.45) is 0 Å². The molecule has 0 amide bonds. The molecule has 1 aromatic heterocycles. The van der Waals surface area contributed by atoms with E-state index in [4.69, 9.17) is 5.26 Å². The quantitative estimate of drug-likeness (QED) is 0.786. The van der Waals surface area contributed by atoms with Crippen molar-refractivity contribution in [3.8, 4) is 6.07 Å². The number of nitriles is 1. The molecule has 0 bridgehead atoms. The third-order valence-corrected chi connectivity index (χ3v) is 3.24. The van der Waals surface area contributed by atoms with Crippen molar-refractivity contribution in [3.63, 3.8) is 0 Å². The van der Waals surface area contributed by atoms with E-state index in [0.29, 0.717) is 6.54 Å². The van der Waals surface area contributed by atoms with Gasteiger partial charge in [0.2, 0.25) is 0 Å². The summed E-state index contributed by atoms with van der Waals surface area (Å²) in [5, 5.41) is 13.0. The highest BCUT2D eigenvalue weighted by Crippen LogP contribution is 2.21. The summed E-state index contributed by atoms with van der Waals surface area (Å²) in [6, 6.07) is 2.13. The lowest BCUT2D eigenvalue weighted by Crippen LogP contribution is -2.20. The van der Waals surface area contributed by atoms with Crippen molar-refractivity contribution in [3.05, 3.63) is 15.9 Å². The zero-order valence-corrected chi connectivity index (χ0v) is 10.9. The second-order valence-electron chi connectivity index (χ2n) is 3.49. The minimum absolute atomic E-state index is 0.431. The van der Waals surface area contributed by atoms with Crippen LogP contribution in [0.15, 0.2) is 4.47 Å². The zero-order valence-electron chi connectivity index (χ0n) is 9.29. The van der Waals surface area contributed by atoms with Gasteiger partial charge in [-0.05, 0) is 36.8 Å². The smallest absolute Gasteiger partial charge is 0.0866 e. The van der Waals surface area contributed by atoms with Gasteiger partial charge in [-0.3, -0.25) is 9.58 Å². The first-order chi connectivity index (χ1) is 7.10. The Morgan fingerprint density at radius 2 is 2.27 bits per heavy atom. The van der Waals surface area contributed by atoms with E-state index in [-0.39, 0.29) is 0 Å². The topological polar surface area (TPSA) is 44.9 Å². The van der Waals surface area contributed by atoms with Gasteiger partial charge in [0.15, 0.2) is 0 Å². The molecule has 0 radical (unpaired) electrons. The minimum Gasteiger partial charge on any atom is -0.288 e. The Labute approximate surface area is 98.6 Å². The van der Waals surface area contributed by atoms with Crippen LogP contribution in [0.1, 0.15) is 18.3 Å². The van der Waals surface area contributed by atoms with Crippen molar-refractivity contribution < 1.29 is 0 Å². The molecule has 0 aliphatic heterocycles. The van der Waals surface area contributed by atoms with E-state index >= 15 is 0 Å². The summed E-state index contributed by atoms with van der Waals surface area (Å²) in [6.07, 6.45) is 0. The van der Waals surface area contributed by atoms with E-state index in [0.717, 1.165) is 29.0 Å². The van der Waals surface area contributed by atoms with Gasteiger partial charge in [-0.25, -0.2) is 0 Å². The van der Waals surface area contributed by atoms with E-state index < -0.39 is 0 Å². The average molecular weight is 271 g/mol. The predicted octanol–water partition coefficient (Wildman–Crippen LogP) is 1.93. The fraction of sp³-hybridized carbons (Fsp3) is 0.600. The molecule has 1 heterocycles. The van der Waals surface area contributed by atoms with Gasteiger partial charge >= 0.3 is 0 Å². The Morgan fingerprint density at radius 3 is 2.80 bits per heavy atom. The maximum absolute atomic E-state index is 8.59. The summed E-state index contributed by atoms with van der Waals surface area (Å²) in [6.45, 7) is 6.06. The van der Waals surface area contributed by atoms with Crippen LogP contribution in [0.5, 0.6) is 0 Å². The molecule has 0 saturated carbocycles. The monoisotopic (exact) mass is 270 g/mol. The highest BCUT2D eigenvalue weighted by molar-refractivity contribution is 9.10. The van der Waals surface area contributed by atoms with Gasteiger partial charge in [0.1, 0.15) is 0 Å². The molecular weight excluding hydrogens is 256 g/mol. The highest BCUT2D eigenvalue weighted by Gasteiger charge is 2.13. The second-order valence-corrected chi connectivity index (χ2v) is 4.29. The van der Waals surface area contributed by atoms with Crippen molar-refractivity contribution in [1.82, 2.24) is 14.7 Å². The van der Waals surface area contributed by atoms with Crippen LogP contribution in [-0.4, -0.2) is 28.3 Å². The number of hydrogen-bond donors (Lipinski definition) is 0. The van der Waals surface area contributed by atoms with Crippen LogP contribution < -0.4 is 0 Å². The molecule has 1 aromatic rings. The summed E-state index contributed by atoms with van der Waals surface area (Å²) >= 11 is 3.53. The predicted molar refractivity (Wildman–Crippen MR) is 62.3 cm³/mol. The van der Waals surface area contributed by atoms with Crippen LogP contribution in [0.3, 0.4) is 0 Å². The van der Waals surface area contributed by atoms with E-state index in [1.807, 2.05) is 23.6 Å². The lowest BCUT2D eigenvalue weighted by molar-refractivity contribution is 0.351. The Hall–Kier alpha value is -0.860. The Kier molecular flexibility index (Phi) is 4.30. The van der Waals surface area contributed by atoms with Gasteiger partial charge in [0, 0.05) is 13.1 Å². The molecule has 0 fully saturated rings. The Balaban J connectivity index is 2.88. The van der Waals surface area contributed by atoms with E-state index in [9.17, 15) is 0 Å². The van der Waals surface area contributed by atoms with Gasteiger partial charge in [-0.1, -0.05) is 0 Å². The van der Waals surface area contributed by atoms with Gasteiger partial charge in [-0.2, -0.15) is 10.4 Å². The molecule has 0 N–H and O–H groups in total. The van der Waals surface area contributed by atoms with Crippen molar-refractivity contribution in [2.75, 3.05) is 13.6 Å². The normalized spacial score (nSPS) is 10.7. The summed E-state index contributed by atoms with van der Waals surface area (Å²) < 4.78 is 3.02. The molecule has 0 saturated heterocycles. The molecular formula is C10H15BrN4. The van der Waals surface area contributed by atoms with Gasteiger partial charge in [0.25, 0.3) is 0 Å². The first kappa shape index (κ1) is 12.2. The largest absolute Gasteiger partial charge is 0.288 e. The number of hydrogen-bond acceptors (Lipinski definition) is 3. The molecule has 1 rings (SSSR count). The first-order valence-electron chi connectivity index (χ1n) is 4.87. The highest BCUT2D eigenvalue weighted by atomic mass is 79.9. The van der Waals surface area contributed by atoms with Crippen LogP contribution in [0, 0.1) is 18.3 Å². The standard InChI is InChI=1S/C10H15BrN4/c1-4-15-9(7-14(3)6-5-12)10(11)8(2)13-15/h4,6-7H2,1-3H3. The fourth-order valence-electron chi connectivity index (χ4n) is 1.45. The molecule has 0 spiro atoms. The number of aryl methyl sites for hydroxylation is 2. The molecule has 0 unspecified atom stereocenters. The summed E-state index contributed by atoms with van der Waals surface area (Å²) in [4.78, 5) is 1.97. The number of rotatable bonds is 4. The molecule has 0 aliphatic carbocycles. The SMILES string of the molecule is CCn1nc(C)c(Br)c1CN(C)CC#N. The first-order valence-corrected chi connectivity index (χ1v) is 5.66. The zero-order chi connectivity index (χ0) is 11.4. The maximum Gasteiger partial charge on any atom is 0.0866 e. The van der Waals surface area contributed by atoms with Gasteiger partial charge in [0.05, 0.1) is 28.5 Å². The Bertz CT molecular complexity index is 378. The molecule has 0 aliphatic rings. The fourth-order valence-corrected chi connectivity index (χ4v) is 1.86. The average Bonchev–Trinajstić information content (AvgIpc) is 2.46. The second kappa shape index (κ2) is 5.29. The molecule has 0 aromatic carbocycles. The molecule has 4 nitrogen and oxygen atoms in total. The van der Waals surface area contributed by atoms with Crippen LogP contribution in [-0.2, 0) is 13.1 Å². The lowest BCUT2D eigenvalue weighted by atomic mass is 10.3. The lowest BCUT2D eigenvalue weighted by Gasteiger charge is -2.13. The van der Waals surface area contributed by atoms with Crippen molar-refractivity contribution in [1.29, 1.82) is 5.26 Å². The maximum atomic E-state index is 8.59. The number of nitrogens with zero attached hydrogens (tertiary/aromatic N) is 4. The third-order valence-electron chi connectivity index (χ3n) is 2.21. The van der Waals surface area contributed by atoms with Crippen molar-refractivity contribution in [2.45, 2.75) is 26.9 Å². The number of aromatic nitrogens is 2. The number of halogens is 1. The van der Waals surface area contributed by atoms with Crippen LogP contribution in [0.2, 0.25) is 0 Å². The molecule has 82 valence electrons.